The highest BCUT2D eigenvalue weighted by molar-refractivity contribution is 7.89. The molecular formula is C22H28N4O6S. The van der Waals surface area contributed by atoms with Crippen molar-refractivity contribution >= 4 is 27.3 Å². The first kappa shape index (κ1) is 24.5. The van der Waals surface area contributed by atoms with Crippen LogP contribution in [-0.4, -0.2) is 75.3 Å². The van der Waals surface area contributed by atoms with Gasteiger partial charge in [-0.3, -0.25) is 14.9 Å². The van der Waals surface area contributed by atoms with Crippen LogP contribution < -0.4 is 9.64 Å². The minimum Gasteiger partial charge on any atom is -0.497 e. The van der Waals surface area contributed by atoms with Gasteiger partial charge in [-0.25, -0.2) is 12.7 Å². The third kappa shape index (κ3) is 5.99. The van der Waals surface area contributed by atoms with E-state index in [0.717, 1.165) is 5.69 Å². The van der Waals surface area contributed by atoms with Gasteiger partial charge in [-0.15, -0.1) is 0 Å². The molecule has 11 heteroatoms. The van der Waals surface area contributed by atoms with E-state index in [0.29, 0.717) is 38.3 Å². The first-order valence-corrected chi connectivity index (χ1v) is 12.0. The molecule has 1 fully saturated rings. The molecule has 0 N–H and O–H groups in total. The number of anilines is 1. The molecule has 0 spiro atoms. The largest absolute Gasteiger partial charge is 0.497 e. The van der Waals surface area contributed by atoms with Crippen molar-refractivity contribution in [1.82, 2.24) is 9.21 Å². The standard InChI is InChI=1S/C22H28N4O6S/c1-23(33(30,31)21-11-9-20(32-2)10-12-21)13-3-4-22(27)25-16-14-24(15-17-25)18-5-7-19(8-6-18)26(28)29/h5-12H,3-4,13-17H2,1-2H3. The van der Waals surface area contributed by atoms with E-state index in [4.69, 9.17) is 4.74 Å². The quantitative estimate of drug-likeness (QED) is 0.403. The monoisotopic (exact) mass is 476 g/mol. The van der Waals surface area contributed by atoms with Crippen LogP contribution in [0.25, 0.3) is 0 Å². The van der Waals surface area contributed by atoms with Gasteiger partial charge in [-0.1, -0.05) is 0 Å². The van der Waals surface area contributed by atoms with Crippen molar-refractivity contribution < 1.29 is 22.9 Å². The predicted octanol–water partition coefficient (Wildman–Crippen LogP) is 2.35. The van der Waals surface area contributed by atoms with Gasteiger partial charge < -0.3 is 14.5 Å². The smallest absolute Gasteiger partial charge is 0.269 e. The van der Waals surface area contributed by atoms with Crippen LogP contribution >= 0.6 is 0 Å². The minimum absolute atomic E-state index is 0.00593. The molecular weight excluding hydrogens is 448 g/mol. The first-order chi connectivity index (χ1) is 15.7. The molecule has 0 unspecified atom stereocenters. The molecule has 0 aliphatic carbocycles. The van der Waals surface area contributed by atoms with Gasteiger partial charge in [-0.05, 0) is 42.8 Å². The number of ether oxygens (including phenoxy) is 1. The molecule has 33 heavy (non-hydrogen) atoms. The number of sulfonamides is 1. The summed E-state index contributed by atoms with van der Waals surface area (Å²) in [5.74, 6) is 0.574. The number of rotatable bonds is 9. The second-order valence-corrected chi connectivity index (χ2v) is 9.79. The number of nitro benzene ring substituents is 1. The highest BCUT2D eigenvalue weighted by Gasteiger charge is 2.23. The summed E-state index contributed by atoms with van der Waals surface area (Å²) in [4.78, 5) is 27.0. The maximum atomic E-state index is 12.7. The van der Waals surface area contributed by atoms with Gasteiger partial charge in [0.25, 0.3) is 5.69 Å². The Bertz CT molecular complexity index is 1070. The lowest BCUT2D eigenvalue weighted by Gasteiger charge is -2.36. The first-order valence-electron chi connectivity index (χ1n) is 10.6. The van der Waals surface area contributed by atoms with E-state index in [-0.39, 0.29) is 29.5 Å². The Morgan fingerprint density at radius 1 is 1.06 bits per heavy atom. The Labute approximate surface area is 193 Å². The van der Waals surface area contributed by atoms with Crippen LogP contribution in [0.5, 0.6) is 5.75 Å². The Morgan fingerprint density at radius 2 is 1.67 bits per heavy atom. The Morgan fingerprint density at radius 3 is 2.21 bits per heavy atom. The number of benzene rings is 2. The molecule has 178 valence electrons. The highest BCUT2D eigenvalue weighted by Crippen LogP contribution is 2.21. The van der Waals surface area contributed by atoms with Crippen molar-refractivity contribution in [3.05, 3.63) is 58.6 Å². The maximum Gasteiger partial charge on any atom is 0.269 e. The number of carbonyl (C=O) groups is 1. The van der Waals surface area contributed by atoms with E-state index >= 15 is 0 Å². The molecule has 1 saturated heterocycles. The summed E-state index contributed by atoms with van der Waals surface area (Å²) in [7, 11) is -0.606. The molecule has 10 nitrogen and oxygen atoms in total. The summed E-state index contributed by atoms with van der Waals surface area (Å²) in [5, 5.41) is 10.8. The lowest BCUT2D eigenvalue weighted by molar-refractivity contribution is -0.384. The number of hydrogen-bond acceptors (Lipinski definition) is 7. The summed E-state index contributed by atoms with van der Waals surface area (Å²) in [6.45, 7) is 2.61. The van der Waals surface area contributed by atoms with Crippen molar-refractivity contribution in [2.75, 3.05) is 51.8 Å². The molecule has 0 saturated carbocycles. The average molecular weight is 477 g/mol. The zero-order valence-electron chi connectivity index (χ0n) is 18.7. The van der Waals surface area contributed by atoms with Gasteiger partial charge in [0.05, 0.1) is 16.9 Å². The number of nitro groups is 1. The molecule has 3 rings (SSSR count). The number of amides is 1. The summed E-state index contributed by atoms with van der Waals surface area (Å²) in [6.07, 6.45) is 0.688. The molecule has 1 aliphatic rings. The van der Waals surface area contributed by atoms with E-state index in [1.807, 2.05) is 0 Å². The Hall–Kier alpha value is -3.18. The third-order valence-electron chi connectivity index (χ3n) is 5.69. The zero-order chi connectivity index (χ0) is 24.0. The van der Waals surface area contributed by atoms with Crippen LogP contribution in [-0.2, 0) is 14.8 Å². The summed E-state index contributed by atoms with van der Waals surface area (Å²) in [5.41, 5.74) is 0.935. The van der Waals surface area contributed by atoms with E-state index in [1.165, 1.54) is 42.7 Å². The van der Waals surface area contributed by atoms with Crippen LogP contribution in [0, 0.1) is 10.1 Å². The number of hydrogen-bond donors (Lipinski definition) is 0. The Kier molecular flexibility index (Phi) is 7.88. The minimum atomic E-state index is -3.63. The van der Waals surface area contributed by atoms with Crippen molar-refractivity contribution in [1.29, 1.82) is 0 Å². The van der Waals surface area contributed by atoms with Gasteiger partial charge in [-0.2, -0.15) is 0 Å². The van der Waals surface area contributed by atoms with Crippen molar-refractivity contribution in [2.24, 2.45) is 0 Å². The highest BCUT2D eigenvalue weighted by atomic mass is 32.2. The summed E-state index contributed by atoms with van der Waals surface area (Å²) in [6, 6.07) is 12.6. The van der Waals surface area contributed by atoms with E-state index in [9.17, 15) is 23.3 Å². The average Bonchev–Trinajstić information content (AvgIpc) is 2.84. The molecule has 0 aromatic heterocycles. The maximum absolute atomic E-state index is 12.7. The van der Waals surface area contributed by atoms with Gasteiger partial charge in [0.1, 0.15) is 5.75 Å². The second kappa shape index (κ2) is 10.6. The molecule has 2 aromatic rings. The van der Waals surface area contributed by atoms with Gasteiger partial charge >= 0.3 is 0 Å². The van der Waals surface area contributed by atoms with Crippen LogP contribution in [0.4, 0.5) is 11.4 Å². The molecule has 1 amide bonds. The molecule has 0 bridgehead atoms. The number of nitrogens with zero attached hydrogens (tertiary/aromatic N) is 4. The molecule has 0 radical (unpaired) electrons. The topological polar surface area (TPSA) is 113 Å². The molecule has 1 heterocycles. The molecule has 2 aromatic carbocycles. The van der Waals surface area contributed by atoms with Gasteiger partial charge in [0, 0.05) is 64.0 Å². The van der Waals surface area contributed by atoms with Crippen molar-refractivity contribution in [3.63, 3.8) is 0 Å². The third-order valence-corrected chi connectivity index (χ3v) is 7.56. The number of piperazine rings is 1. The number of non-ortho nitro benzene ring substituents is 1. The normalized spacial score (nSPS) is 14.4. The van der Waals surface area contributed by atoms with Crippen molar-refractivity contribution in [2.45, 2.75) is 17.7 Å². The van der Waals surface area contributed by atoms with E-state index < -0.39 is 14.9 Å². The Balaban J connectivity index is 1.45. The van der Waals surface area contributed by atoms with Crippen molar-refractivity contribution in [3.8, 4) is 5.75 Å². The van der Waals surface area contributed by atoms with Crippen LogP contribution in [0.3, 0.4) is 0 Å². The number of methoxy groups -OCH3 is 1. The van der Waals surface area contributed by atoms with Gasteiger partial charge in [0.2, 0.25) is 15.9 Å². The zero-order valence-corrected chi connectivity index (χ0v) is 19.5. The van der Waals surface area contributed by atoms with E-state index in [1.54, 1.807) is 29.2 Å². The predicted molar refractivity (Wildman–Crippen MR) is 124 cm³/mol. The lowest BCUT2D eigenvalue weighted by atomic mass is 10.2. The summed E-state index contributed by atoms with van der Waals surface area (Å²) < 4.78 is 31.7. The van der Waals surface area contributed by atoms with Crippen LogP contribution in [0.1, 0.15) is 12.8 Å². The van der Waals surface area contributed by atoms with Gasteiger partial charge in [0.15, 0.2) is 0 Å². The number of carbonyl (C=O) groups excluding carboxylic acids is 1. The summed E-state index contributed by atoms with van der Waals surface area (Å²) >= 11 is 0. The van der Waals surface area contributed by atoms with E-state index in [2.05, 4.69) is 4.90 Å². The fraction of sp³-hybridized carbons (Fsp3) is 0.409. The fourth-order valence-electron chi connectivity index (χ4n) is 3.66. The second-order valence-electron chi connectivity index (χ2n) is 7.75. The molecule has 0 atom stereocenters. The molecule has 1 aliphatic heterocycles. The fourth-order valence-corrected chi connectivity index (χ4v) is 4.87. The lowest BCUT2D eigenvalue weighted by Crippen LogP contribution is -2.48. The van der Waals surface area contributed by atoms with Crippen LogP contribution in [0.15, 0.2) is 53.4 Å². The van der Waals surface area contributed by atoms with Crippen LogP contribution in [0.2, 0.25) is 0 Å². The SMILES string of the molecule is COc1ccc(S(=O)(=O)N(C)CCCC(=O)N2CCN(c3ccc([N+](=O)[O-])cc3)CC2)cc1.